The van der Waals surface area contributed by atoms with E-state index in [1.54, 1.807) is 13.3 Å². The Labute approximate surface area is 118 Å². The highest BCUT2D eigenvalue weighted by Crippen LogP contribution is 2.43. The molecule has 1 aliphatic carbocycles. The van der Waals surface area contributed by atoms with Gasteiger partial charge in [0, 0.05) is 24.8 Å². The van der Waals surface area contributed by atoms with Crippen molar-refractivity contribution in [1.82, 2.24) is 9.88 Å². The first-order chi connectivity index (χ1) is 9.70. The van der Waals surface area contributed by atoms with Crippen molar-refractivity contribution < 1.29 is 14.6 Å². The molecule has 0 spiro atoms. The fourth-order valence-corrected chi connectivity index (χ4v) is 3.84. The number of hydrogen-bond acceptors (Lipinski definition) is 4. The Kier molecular flexibility index (Phi) is 3.61. The van der Waals surface area contributed by atoms with Crippen molar-refractivity contribution in [3.63, 3.8) is 0 Å². The zero-order valence-electron chi connectivity index (χ0n) is 11.7. The van der Waals surface area contributed by atoms with E-state index in [9.17, 15) is 9.90 Å². The van der Waals surface area contributed by atoms with Crippen molar-refractivity contribution in [3.8, 4) is 5.88 Å². The summed E-state index contributed by atoms with van der Waals surface area (Å²) in [4.78, 5) is 17.9. The molecule has 0 bridgehead atoms. The normalized spacial score (nSPS) is 29.4. The van der Waals surface area contributed by atoms with Crippen molar-refractivity contribution in [2.75, 3.05) is 13.7 Å². The molecule has 3 atom stereocenters. The Hall–Kier alpha value is -1.62. The van der Waals surface area contributed by atoms with Crippen LogP contribution in [-0.4, -0.2) is 40.7 Å². The average Bonchev–Trinajstić information content (AvgIpc) is 2.99. The van der Waals surface area contributed by atoms with Gasteiger partial charge in [0.15, 0.2) is 0 Å². The van der Waals surface area contributed by atoms with Gasteiger partial charge in [0.1, 0.15) is 6.04 Å². The minimum absolute atomic E-state index is 0.315. The second-order valence-electron chi connectivity index (χ2n) is 5.74. The monoisotopic (exact) mass is 276 g/mol. The van der Waals surface area contributed by atoms with Crippen molar-refractivity contribution >= 4 is 5.97 Å². The SMILES string of the molecule is COc1ncccc1CN1CC2CCCC2C1C(=O)O. The molecule has 0 aromatic carbocycles. The Balaban J connectivity index is 1.81. The molecule has 0 amide bonds. The summed E-state index contributed by atoms with van der Waals surface area (Å²) in [5.41, 5.74) is 0.959. The molecule has 1 aromatic rings. The van der Waals surface area contributed by atoms with Crippen molar-refractivity contribution in [1.29, 1.82) is 0 Å². The molecular formula is C15H20N2O3. The summed E-state index contributed by atoms with van der Waals surface area (Å²) in [7, 11) is 1.60. The molecule has 5 heteroatoms. The lowest BCUT2D eigenvalue weighted by Crippen LogP contribution is -2.39. The maximum Gasteiger partial charge on any atom is 0.321 e. The highest BCUT2D eigenvalue weighted by molar-refractivity contribution is 5.74. The van der Waals surface area contributed by atoms with Crippen LogP contribution in [0.1, 0.15) is 24.8 Å². The van der Waals surface area contributed by atoms with E-state index in [2.05, 4.69) is 9.88 Å². The largest absolute Gasteiger partial charge is 0.481 e. The third-order valence-corrected chi connectivity index (χ3v) is 4.66. The Morgan fingerprint density at radius 2 is 2.40 bits per heavy atom. The summed E-state index contributed by atoms with van der Waals surface area (Å²) in [6.45, 7) is 1.47. The number of rotatable bonds is 4. The number of ether oxygens (including phenoxy) is 1. The number of aromatic nitrogens is 1. The van der Waals surface area contributed by atoms with Crippen LogP contribution < -0.4 is 4.74 Å². The fourth-order valence-electron chi connectivity index (χ4n) is 3.84. The predicted molar refractivity (Wildman–Crippen MR) is 73.5 cm³/mol. The molecule has 3 rings (SSSR count). The molecule has 1 saturated heterocycles. The number of carboxylic acid groups (broad SMARTS) is 1. The van der Waals surface area contributed by atoms with Gasteiger partial charge in [-0.1, -0.05) is 12.5 Å². The molecule has 5 nitrogen and oxygen atoms in total. The molecule has 1 aliphatic heterocycles. The highest BCUT2D eigenvalue weighted by atomic mass is 16.5. The van der Waals surface area contributed by atoms with E-state index in [1.165, 1.54) is 6.42 Å². The van der Waals surface area contributed by atoms with Gasteiger partial charge in [0.25, 0.3) is 0 Å². The molecule has 1 aromatic heterocycles. The number of methoxy groups -OCH3 is 1. The fraction of sp³-hybridized carbons (Fsp3) is 0.600. The first kappa shape index (κ1) is 13.4. The van der Waals surface area contributed by atoms with E-state index in [4.69, 9.17) is 4.74 Å². The van der Waals surface area contributed by atoms with E-state index in [1.807, 2.05) is 12.1 Å². The summed E-state index contributed by atoms with van der Waals surface area (Å²) >= 11 is 0. The molecule has 2 fully saturated rings. The summed E-state index contributed by atoms with van der Waals surface area (Å²) in [6.07, 6.45) is 5.07. The lowest BCUT2D eigenvalue weighted by Gasteiger charge is -2.24. The number of hydrogen-bond donors (Lipinski definition) is 1. The second-order valence-corrected chi connectivity index (χ2v) is 5.74. The summed E-state index contributed by atoms with van der Waals surface area (Å²) in [6, 6.07) is 3.47. The molecular weight excluding hydrogens is 256 g/mol. The summed E-state index contributed by atoms with van der Waals surface area (Å²) in [5.74, 6) is 0.755. The number of likely N-dealkylation sites (tertiary alicyclic amines) is 1. The number of carboxylic acids is 1. The third-order valence-electron chi connectivity index (χ3n) is 4.66. The Morgan fingerprint density at radius 1 is 1.55 bits per heavy atom. The molecule has 2 aliphatic rings. The lowest BCUT2D eigenvalue weighted by atomic mass is 9.94. The zero-order valence-corrected chi connectivity index (χ0v) is 11.7. The van der Waals surface area contributed by atoms with E-state index in [-0.39, 0.29) is 6.04 Å². The second kappa shape index (κ2) is 5.40. The number of aliphatic carboxylic acids is 1. The van der Waals surface area contributed by atoms with Crippen molar-refractivity contribution in [2.24, 2.45) is 11.8 Å². The number of pyridine rings is 1. The molecule has 1 N–H and O–H groups in total. The maximum atomic E-state index is 11.6. The van der Waals surface area contributed by atoms with E-state index < -0.39 is 5.97 Å². The Morgan fingerprint density at radius 3 is 3.15 bits per heavy atom. The minimum atomic E-state index is -0.692. The van der Waals surface area contributed by atoms with Gasteiger partial charge in [-0.2, -0.15) is 0 Å². The van der Waals surface area contributed by atoms with Gasteiger partial charge < -0.3 is 9.84 Å². The van der Waals surface area contributed by atoms with Crippen LogP contribution in [0.4, 0.5) is 0 Å². The van der Waals surface area contributed by atoms with E-state index >= 15 is 0 Å². The van der Waals surface area contributed by atoms with Gasteiger partial charge in [-0.3, -0.25) is 9.69 Å². The van der Waals surface area contributed by atoms with Gasteiger partial charge in [-0.05, 0) is 30.7 Å². The Bertz CT molecular complexity index is 506. The topological polar surface area (TPSA) is 62.7 Å². The molecule has 0 radical (unpaired) electrons. The zero-order chi connectivity index (χ0) is 14.1. The van der Waals surface area contributed by atoms with Crippen LogP contribution in [0.2, 0.25) is 0 Å². The van der Waals surface area contributed by atoms with Gasteiger partial charge >= 0.3 is 5.97 Å². The van der Waals surface area contributed by atoms with Gasteiger partial charge in [-0.15, -0.1) is 0 Å². The summed E-state index contributed by atoms with van der Waals surface area (Å²) < 4.78 is 5.26. The van der Waals surface area contributed by atoms with Crippen molar-refractivity contribution in [3.05, 3.63) is 23.9 Å². The first-order valence-corrected chi connectivity index (χ1v) is 7.15. The molecule has 3 unspecified atom stereocenters. The van der Waals surface area contributed by atoms with Crippen LogP contribution in [-0.2, 0) is 11.3 Å². The third kappa shape index (κ3) is 2.26. The van der Waals surface area contributed by atoms with Crippen LogP contribution >= 0.6 is 0 Å². The number of nitrogens with zero attached hydrogens (tertiary/aromatic N) is 2. The van der Waals surface area contributed by atoms with Gasteiger partial charge in [0.05, 0.1) is 7.11 Å². The van der Waals surface area contributed by atoms with Crippen LogP contribution in [0, 0.1) is 11.8 Å². The number of fused-ring (bicyclic) bond motifs is 1. The van der Waals surface area contributed by atoms with Crippen LogP contribution in [0.5, 0.6) is 5.88 Å². The molecule has 2 heterocycles. The molecule has 1 saturated carbocycles. The average molecular weight is 276 g/mol. The van der Waals surface area contributed by atoms with E-state index in [0.717, 1.165) is 24.9 Å². The smallest absolute Gasteiger partial charge is 0.321 e. The van der Waals surface area contributed by atoms with E-state index in [0.29, 0.717) is 24.3 Å². The minimum Gasteiger partial charge on any atom is -0.481 e. The van der Waals surface area contributed by atoms with Gasteiger partial charge in [0.2, 0.25) is 5.88 Å². The van der Waals surface area contributed by atoms with Crippen LogP contribution in [0.25, 0.3) is 0 Å². The van der Waals surface area contributed by atoms with Crippen molar-refractivity contribution in [2.45, 2.75) is 31.8 Å². The quantitative estimate of drug-likeness (QED) is 0.908. The summed E-state index contributed by atoms with van der Waals surface area (Å²) in [5, 5.41) is 9.55. The first-order valence-electron chi connectivity index (χ1n) is 7.15. The molecule has 20 heavy (non-hydrogen) atoms. The predicted octanol–water partition coefficient (Wildman–Crippen LogP) is 1.78. The maximum absolute atomic E-state index is 11.6. The van der Waals surface area contributed by atoms with Crippen LogP contribution in [0.15, 0.2) is 18.3 Å². The lowest BCUT2D eigenvalue weighted by molar-refractivity contribution is -0.143. The van der Waals surface area contributed by atoms with Crippen LogP contribution in [0.3, 0.4) is 0 Å². The highest BCUT2D eigenvalue weighted by Gasteiger charge is 2.47. The standard InChI is InChI=1S/C15H20N2O3/c1-20-14-11(5-3-7-16-14)9-17-8-10-4-2-6-12(10)13(17)15(18)19/h3,5,7,10,12-13H,2,4,6,8-9H2,1H3,(H,18,19). The van der Waals surface area contributed by atoms with Gasteiger partial charge in [-0.25, -0.2) is 4.98 Å². The number of carbonyl (C=O) groups is 1. The molecule has 108 valence electrons.